The van der Waals surface area contributed by atoms with Crippen molar-refractivity contribution in [2.45, 2.75) is 32.8 Å². The fourth-order valence-corrected chi connectivity index (χ4v) is 2.37. The van der Waals surface area contributed by atoms with Crippen LogP contribution in [-0.2, 0) is 0 Å². The normalized spacial score (nSPS) is 14.6. The highest BCUT2D eigenvalue weighted by molar-refractivity contribution is 9.10. The summed E-state index contributed by atoms with van der Waals surface area (Å²) in [4.78, 5) is 0. The quantitative estimate of drug-likeness (QED) is 0.889. The number of aliphatic hydroxyl groups excluding tert-OH is 1. The van der Waals surface area contributed by atoms with Crippen molar-refractivity contribution in [3.05, 3.63) is 28.2 Å². The van der Waals surface area contributed by atoms with Crippen molar-refractivity contribution in [3.8, 4) is 5.75 Å². The molecule has 1 rings (SSSR count). The molecule has 0 aromatic heterocycles. The third-order valence-corrected chi connectivity index (χ3v) is 3.42. The Morgan fingerprint density at radius 3 is 2.62 bits per heavy atom. The van der Waals surface area contributed by atoms with Crippen LogP contribution in [0.15, 0.2) is 22.7 Å². The molecule has 2 unspecified atom stereocenters. The van der Waals surface area contributed by atoms with Gasteiger partial charge in [-0.25, -0.2) is 0 Å². The van der Waals surface area contributed by atoms with Crippen LogP contribution in [0.2, 0.25) is 0 Å². The molecule has 90 valence electrons. The zero-order chi connectivity index (χ0) is 12.1. The Morgan fingerprint density at radius 1 is 1.44 bits per heavy atom. The number of halogens is 1. The topological polar surface area (TPSA) is 29.5 Å². The highest BCUT2D eigenvalue weighted by Gasteiger charge is 2.16. The van der Waals surface area contributed by atoms with E-state index in [9.17, 15) is 5.11 Å². The first-order valence-corrected chi connectivity index (χ1v) is 6.41. The average molecular weight is 287 g/mol. The van der Waals surface area contributed by atoms with Crippen molar-refractivity contribution in [1.29, 1.82) is 0 Å². The fraction of sp³-hybridized carbons (Fsp3) is 0.538. The first kappa shape index (κ1) is 13.5. The molecule has 16 heavy (non-hydrogen) atoms. The molecule has 0 spiro atoms. The van der Waals surface area contributed by atoms with Crippen molar-refractivity contribution in [1.82, 2.24) is 0 Å². The van der Waals surface area contributed by atoms with Crippen LogP contribution in [0.4, 0.5) is 0 Å². The third kappa shape index (κ3) is 3.22. The number of benzene rings is 1. The lowest BCUT2D eigenvalue weighted by molar-refractivity contribution is 0.112. The second-order valence-corrected chi connectivity index (χ2v) is 4.96. The molecule has 1 aromatic carbocycles. The van der Waals surface area contributed by atoms with Gasteiger partial charge in [0.25, 0.3) is 0 Å². The van der Waals surface area contributed by atoms with Gasteiger partial charge in [0.2, 0.25) is 0 Å². The molecule has 0 radical (unpaired) electrons. The molecule has 3 heteroatoms. The van der Waals surface area contributed by atoms with Crippen LogP contribution in [0.1, 0.15) is 38.4 Å². The van der Waals surface area contributed by atoms with E-state index in [-0.39, 0.29) is 5.92 Å². The number of hydrogen-bond acceptors (Lipinski definition) is 2. The van der Waals surface area contributed by atoms with Crippen LogP contribution in [0.5, 0.6) is 5.75 Å². The van der Waals surface area contributed by atoms with E-state index in [1.165, 1.54) is 0 Å². The van der Waals surface area contributed by atoms with Gasteiger partial charge < -0.3 is 9.84 Å². The molecule has 0 amide bonds. The van der Waals surface area contributed by atoms with E-state index in [1.807, 2.05) is 18.2 Å². The zero-order valence-electron chi connectivity index (χ0n) is 10.0. The second kappa shape index (κ2) is 6.26. The monoisotopic (exact) mass is 286 g/mol. The summed E-state index contributed by atoms with van der Waals surface area (Å²) in [5, 5.41) is 10.1. The Balaban J connectivity index is 2.84. The van der Waals surface area contributed by atoms with E-state index in [4.69, 9.17) is 4.74 Å². The molecule has 0 saturated heterocycles. The lowest BCUT2D eigenvalue weighted by Gasteiger charge is -2.19. The number of rotatable bonds is 5. The summed E-state index contributed by atoms with van der Waals surface area (Å²) in [6.45, 7) is 4.21. The van der Waals surface area contributed by atoms with E-state index in [1.54, 1.807) is 7.11 Å². The highest BCUT2D eigenvalue weighted by atomic mass is 79.9. The Kier molecular flexibility index (Phi) is 5.29. The number of aliphatic hydroxyl groups is 1. The first-order valence-electron chi connectivity index (χ1n) is 5.61. The largest absolute Gasteiger partial charge is 0.496 e. The van der Waals surface area contributed by atoms with Gasteiger partial charge in [-0.2, -0.15) is 0 Å². The molecule has 0 fully saturated rings. The van der Waals surface area contributed by atoms with Crippen molar-refractivity contribution in [3.63, 3.8) is 0 Å². The molecular formula is C13H19BrO2. The SMILES string of the molecule is CCCC(C)C(O)c1ccc(OC)c(Br)c1. The van der Waals surface area contributed by atoms with Crippen molar-refractivity contribution < 1.29 is 9.84 Å². The van der Waals surface area contributed by atoms with Crippen LogP contribution in [0, 0.1) is 5.92 Å². The van der Waals surface area contributed by atoms with E-state index in [0.29, 0.717) is 0 Å². The summed E-state index contributed by atoms with van der Waals surface area (Å²) in [5.41, 5.74) is 0.939. The van der Waals surface area contributed by atoms with Crippen LogP contribution in [0.25, 0.3) is 0 Å². The maximum atomic E-state index is 10.1. The Morgan fingerprint density at radius 2 is 2.12 bits per heavy atom. The minimum Gasteiger partial charge on any atom is -0.496 e. The fourth-order valence-electron chi connectivity index (χ4n) is 1.81. The number of ether oxygens (including phenoxy) is 1. The van der Waals surface area contributed by atoms with Gasteiger partial charge in [-0.3, -0.25) is 0 Å². The van der Waals surface area contributed by atoms with Crippen molar-refractivity contribution in [2.24, 2.45) is 5.92 Å². The van der Waals surface area contributed by atoms with Gasteiger partial charge in [0.1, 0.15) is 5.75 Å². The summed E-state index contributed by atoms with van der Waals surface area (Å²) in [6.07, 6.45) is 1.72. The predicted molar refractivity (Wildman–Crippen MR) is 69.7 cm³/mol. The molecule has 0 bridgehead atoms. The summed E-state index contributed by atoms with van der Waals surface area (Å²) in [6, 6.07) is 5.72. The van der Waals surface area contributed by atoms with Crippen molar-refractivity contribution in [2.75, 3.05) is 7.11 Å². The Hall–Kier alpha value is -0.540. The van der Waals surface area contributed by atoms with E-state index in [0.717, 1.165) is 28.6 Å². The summed E-state index contributed by atoms with van der Waals surface area (Å²) >= 11 is 3.43. The molecule has 2 atom stereocenters. The molecule has 1 N–H and O–H groups in total. The van der Waals surface area contributed by atoms with Crippen LogP contribution >= 0.6 is 15.9 Å². The first-order chi connectivity index (χ1) is 7.60. The predicted octanol–water partition coefficient (Wildman–Crippen LogP) is 3.93. The summed E-state index contributed by atoms with van der Waals surface area (Å²) in [7, 11) is 1.63. The number of hydrogen-bond donors (Lipinski definition) is 1. The van der Waals surface area contributed by atoms with E-state index < -0.39 is 6.10 Å². The third-order valence-electron chi connectivity index (χ3n) is 2.80. The van der Waals surface area contributed by atoms with Gasteiger partial charge in [0, 0.05) is 0 Å². The molecule has 2 nitrogen and oxygen atoms in total. The average Bonchev–Trinajstić information content (AvgIpc) is 2.28. The molecule has 1 aromatic rings. The maximum absolute atomic E-state index is 10.1. The maximum Gasteiger partial charge on any atom is 0.133 e. The molecular weight excluding hydrogens is 268 g/mol. The van der Waals surface area contributed by atoms with Gasteiger partial charge in [0.15, 0.2) is 0 Å². The molecule has 0 aliphatic carbocycles. The van der Waals surface area contributed by atoms with Crippen molar-refractivity contribution >= 4 is 15.9 Å². The molecule has 0 heterocycles. The second-order valence-electron chi connectivity index (χ2n) is 4.10. The number of methoxy groups -OCH3 is 1. The molecule has 0 aliphatic heterocycles. The van der Waals surface area contributed by atoms with Crippen LogP contribution < -0.4 is 4.74 Å². The van der Waals surface area contributed by atoms with Crippen LogP contribution in [-0.4, -0.2) is 12.2 Å². The van der Waals surface area contributed by atoms with Gasteiger partial charge in [-0.15, -0.1) is 0 Å². The Labute approximate surface area is 106 Å². The highest BCUT2D eigenvalue weighted by Crippen LogP contribution is 2.31. The van der Waals surface area contributed by atoms with Gasteiger partial charge in [-0.05, 0) is 46.0 Å². The van der Waals surface area contributed by atoms with Gasteiger partial charge in [0.05, 0.1) is 17.7 Å². The minimum absolute atomic E-state index is 0.283. The van der Waals surface area contributed by atoms with Gasteiger partial charge in [-0.1, -0.05) is 26.3 Å². The minimum atomic E-state index is -0.401. The van der Waals surface area contributed by atoms with E-state index >= 15 is 0 Å². The lowest BCUT2D eigenvalue weighted by atomic mass is 9.94. The zero-order valence-corrected chi connectivity index (χ0v) is 11.6. The van der Waals surface area contributed by atoms with Crippen LogP contribution in [0.3, 0.4) is 0 Å². The molecule has 0 aliphatic rings. The van der Waals surface area contributed by atoms with E-state index in [2.05, 4.69) is 29.8 Å². The smallest absolute Gasteiger partial charge is 0.133 e. The summed E-state index contributed by atoms with van der Waals surface area (Å²) in [5.74, 6) is 1.07. The standard InChI is InChI=1S/C13H19BrO2/c1-4-5-9(2)13(15)10-6-7-12(16-3)11(14)8-10/h6-9,13,15H,4-5H2,1-3H3. The molecule has 0 saturated carbocycles. The van der Waals surface area contributed by atoms with Gasteiger partial charge >= 0.3 is 0 Å². The summed E-state index contributed by atoms with van der Waals surface area (Å²) < 4.78 is 6.04. The lowest BCUT2D eigenvalue weighted by Crippen LogP contribution is -2.09. The Bertz CT molecular complexity index is 339.